The van der Waals surface area contributed by atoms with E-state index in [1.807, 2.05) is 37.9 Å². The van der Waals surface area contributed by atoms with Crippen LogP contribution in [0.1, 0.15) is 39.2 Å². The number of carbonyl (C=O) groups is 1. The summed E-state index contributed by atoms with van der Waals surface area (Å²) in [6.45, 7) is 9.29. The Hall–Kier alpha value is -1.23. The van der Waals surface area contributed by atoms with E-state index in [0.717, 1.165) is 31.0 Å². The highest BCUT2D eigenvalue weighted by Gasteiger charge is 2.28. The van der Waals surface area contributed by atoms with Crippen LogP contribution in [-0.4, -0.2) is 39.9 Å². The number of aromatic nitrogens is 1. The van der Waals surface area contributed by atoms with Crippen molar-refractivity contribution >= 4 is 17.9 Å². The van der Waals surface area contributed by atoms with Gasteiger partial charge < -0.3 is 9.64 Å². The molecule has 1 aliphatic rings. The van der Waals surface area contributed by atoms with E-state index in [9.17, 15) is 4.79 Å². The topological polar surface area (TPSA) is 42.4 Å². The summed E-state index contributed by atoms with van der Waals surface area (Å²) in [5.74, 6) is 0. The third kappa shape index (κ3) is 5.23. The number of amides is 1. The quantitative estimate of drug-likeness (QED) is 0.831. The zero-order valence-corrected chi connectivity index (χ0v) is 14.1. The lowest BCUT2D eigenvalue weighted by molar-refractivity contribution is 0.0220. The predicted octanol–water partition coefficient (Wildman–Crippen LogP) is 3.88. The van der Waals surface area contributed by atoms with Gasteiger partial charge in [-0.25, -0.2) is 9.78 Å². The maximum absolute atomic E-state index is 12.1. The first-order valence-electron chi connectivity index (χ1n) is 7.41. The molecule has 0 radical (unpaired) electrons. The number of ether oxygens (including phenoxy) is 1. The normalized spacial score (nSPS) is 19.4. The van der Waals surface area contributed by atoms with Crippen molar-refractivity contribution in [1.29, 1.82) is 0 Å². The lowest BCUT2D eigenvalue weighted by Gasteiger charge is -2.33. The van der Waals surface area contributed by atoms with Gasteiger partial charge in [0.1, 0.15) is 5.60 Å². The monoisotopic (exact) mass is 308 g/mol. The van der Waals surface area contributed by atoms with Gasteiger partial charge in [-0.15, -0.1) is 11.8 Å². The van der Waals surface area contributed by atoms with Gasteiger partial charge in [-0.3, -0.25) is 0 Å². The van der Waals surface area contributed by atoms with Gasteiger partial charge in [0.05, 0.1) is 5.03 Å². The molecule has 1 atom stereocenters. The minimum atomic E-state index is -0.435. The number of carbonyl (C=O) groups excluding carboxylic acids is 1. The Labute approximate surface area is 131 Å². The molecule has 1 aliphatic heterocycles. The Kier molecular flexibility index (Phi) is 5.14. The van der Waals surface area contributed by atoms with Crippen molar-refractivity contribution in [2.45, 2.75) is 56.4 Å². The molecule has 4 nitrogen and oxygen atoms in total. The van der Waals surface area contributed by atoms with Crippen molar-refractivity contribution in [1.82, 2.24) is 9.88 Å². The largest absolute Gasteiger partial charge is 0.444 e. The second-order valence-corrected chi connectivity index (χ2v) is 7.80. The van der Waals surface area contributed by atoms with Crippen LogP contribution in [0.2, 0.25) is 0 Å². The van der Waals surface area contributed by atoms with E-state index < -0.39 is 5.60 Å². The molecular formula is C16H24N2O2S. The van der Waals surface area contributed by atoms with Crippen LogP contribution in [0.5, 0.6) is 0 Å². The van der Waals surface area contributed by atoms with Gasteiger partial charge in [0.2, 0.25) is 0 Å². The van der Waals surface area contributed by atoms with Crippen LogP contribution in [0.3, 0.4) is 0 Å². The number of pyridine rings is 1. The highest BCUT2D eigenvalue weighted by Crippen LogP contribution is 2.29. The van der Waals surface area contributed by atoms with Crippen LogP contribution in [0, 0.1) is 6.92 Å². The van der Waals surface area contributed by atoms with Gasteiger partial charge in [-0.05, 0) is 58.2 Å². The molecule has 0 N–H and O–H groups in total. The summed E-state index contributed by atoms with van der Waals surface area (Å²) in [6.07, 6.45) is 3.76. The number of rotatable bonds is 2. The van der Waals surface area contributed by atoms with E-state index >= 15 is 0 Å². The second-order valence-electron chi connectivity index (χ2n) is 6.48. The smallest absolute Gasteiger partial charge is 0.410 e. The van der Waals surface area contributed by atoms with Crippen LogP contribution in [0.15, 0.2) is 23.4 Å². The van der Waals surface area contributed by atoms with E-state index in [2.05, 4.69) is 18.0 Å². The highest BCUT2D eigenvalue weighted by atomic mass is 32.2. The minimum Gasteiger partial charge on any atom is -0.444 e. The van der Waals surface area contributed by atoms with E-state index in [-0.39, 0.29) is 6.09 Å². The molecule has 0 spiro atoms. The number of nitrogens with zero attached hydrogens (tertiary/aromatic N) is 2. The van der Waals surface area contributed by atoms with Gasteiger partial charge >= 0.3 is 6.09 Å². The van der Waals surface area contributed by atoms with Crippen LogP contribution in [0.4, 0.5) is 4.79 Å². The molecule has 0 bridgehead atoms. The molecule has 1 saturated heterocycles. The average molecular weight is 308 g/mol. The molecular weight excluding hydrogens is 284 g/mol. The van der Waals surface area contributed by atoms with Gasteiger partial charge in [-0.1, -0.05) is 0 Å². The summed E-state index contributed by atoms with van der Waals surface area (Å²) in [4.78, 5) is 18.4. The Morgan fingerprint density at radius 1 is 1.48 bits per heavy atom. The zero-order valence-electron chi connectivity index (χ0n) is 13.3. The Bertz CT molecular complexity index is 499. The molecule has 2 heterocycles. The predicted molar refractivity (Wildman–Crippen MR) is 85.7 cm³/mol. The fourth-order valence-electron chi connectivity index (χ4n) is 2.27. The van der Waals surface area contributed by atoms with Crippen molar-refractivity contribution in [3.8, 4) is 0 Å². The lowest BCUT2D eigenvalue weighted by Crippen LogP contribution is -2.43. The van der Waals surface area contributed by atoms with Crippen molar-refractivity contribution < 1.29 is 9.53 Å². The summed E-state index contributed by atoms with van der Waals surface area (Å²) in [5.41, 5.74) is 0.780. The molecule has 5 heteroatoms. The zero-order chi connectivity index (χ0) is 15.5. The van der Waals surface area contributed by atoms with Gasteiger partial charge in [-0.2, -0.15) is 0 Å². The number of likely N-dealkylation sites (tertiary alicyclic amines) is 1. The fourth-order valence-corrected chi connectivity index (χ4v) is 3.53. The van der Waals surface area contributed by atoms with E-state index in [0.29, 0.717) is 5.25 Å². The first kappa shape index (κ1) is 16.1. The maximum atomic E-state index is 12.1. The second kappa shape index (κ2) is 6.69. The summed E-state index contributed by atoms with van der Waals surface area (Å²) in [6, 6.07) is 4.09. The molecule has 21 heavy (non-hydrogen) atoms. The molecule has 116 valence electrons. The first-order chi connectivity index (χ1) is 9.83. The number of thioether (sulfide) groups is 1. The van der Waals surface area contributed by atoms with Crippen LogP contribution < -0.4 is 0 Å². The van der Waals surface area contributed by atoms with E-state index in [1.165, 1.54) is 5.56 Å². The summed E-state index contributed by atoms with van der Waals surface area (Å²) >= 11 is 1.76. The Morgan fingerprint density at radius 2 is 2.24 bits per heavy atom. The fraction of sp³-hybridized carbons (Fsp3) is 0.625. The van der Waals surface area contributed by atoms with Crippen molar-refractivity contribution in [3.05, 3.63) is 23.9 Å². The molecule has 1 aromatic rings. The number of piperidine rings is 1. The Morgan fingerprint density at radius 3 is 2.90 bits per heavy atom. The summed E-state index contributed by atoms with van der Waals surface area (Å²) < 4.78 is 5.46. The molecule has 1 aromatic heterocycles. The first-order valence-corrected chi connectivity index (χ1v) is 8.29. The average Bonchev–Trinajstić information content (AvgIpc) is 2.37. The summed E-state index contributed by atoms with van der Waals surface area (Å²) in [5, 5.41) is 1.42. The standard InChI is InChI=1S/C16H24N2O2S/c1-12-7-8-17-14(10-12)21-13-6-5-9-18(11-13)15(19)20-16(2,3)4/h7-8,10,13H,5-6,9,11H2,1-4H3/t13-/m0/s1. The SMILES string of the molecule is Cc1ccnc(S[C@H]2CCCN(C(=O)OC(C)(C)C)C2)c1. The van der Waals surface area contributed by atoms with Crippen LogP contribution >= 0.6 is 11.8 Å². The van der Waals surface area contributed by atoms with Gasteiger partial charge in [0, 0.05) is 24.5 Å². The number of hydrogen-bond donors (Lipinski definition) is 0. The number of hydrogen-bond acceptors (Lipinski definition) is 4. The van der Waals surface area contributed by atoms with Crippen molar-refractivity contribution in [2.24, 2.45) is 0 Å². The number of aryl methyl sites for hydroxylation is 1. The molecule has 0 aliphatic carbocycles. The lowest BCUT2D eigenvalue weighted by atomic mass is 10.1. The van der Waals surface area contributed by atoms with Crippen LogP contribution in [0.25, 0.3) is 0 Å². The molecule has 0 aromatic carbocycles. The summed E-state index contributed by atoms with van der Waals surface area (Å²) in [7, 11) is 0. The molecule has 0 saturated carbocycles. The van der Waals surface area contributed by atoms with Crippen molar-refractivity contribution in [3.63, 3.8) is 0 Å². The minimum absolute atomic E-state index is 0.204. The van der Waals surface area contributed by atoms with Crippen molar-refractivity contribution in [2.75, 3.05) is 13.1 Å². The third-order valence-corrected chi connectivity index (χ3v) is 4.39. The third-order valence-electron chi connectivity index (χ3n) is 3.21. The van der Waals surface area contributed by atoms with E-state index in [1.54, 1.807) is 11.8 Å². The van der Waals surface area contributed by atoms with Gasteiger partial charge in [0.25, 0.3) is 0 Å². The molecule has 1 amide bonds. The van der Waals surface area contributed by atoms with Gasteiger partial charge in [0.15, 0.2) is 0 Å². The maximum Gasteiger partial charge on any atom is 0.410 e. The molecule has 0 unspecified atom stereocenters. The van der Waals surface area contributed by atoms with E-state index in [4.69, 9.17) is 4.74 Å². The molecule has 1 fully saturated rings. The Balaban J connectivity index is 1.93. The highest BCUT2D eigenvalue weighted by molar-refractivity contribution is 7.99. The molecule has 2 rings (SSSR count). The van der Waals surface area contributed by atoms with Crippen LogP contribution in [-0.2, 0) is 4.74 Å².